The summed E-state index contributed by atoms with van der Waals surface area (Å²) in [6.07, 6.45) is 1.34. The molecule has 162 valence electrons. The van der Waals surface area contributed by atoms with Crippen LogP contribution in [0.3, 0.4) is 0 Å². The average Bonchev–Trinajstić information content (AvgIpc) is 2.73. The molecular formula is C17H21ClN6O5S. The van der Waals surface area contributed by atoms with Crippen LogP contribution in [-0.2, 0) is 10.0 Å². The average molecular weight is 457 g/mol. The highest BCUT2D eigenvalue weighted by Crippen LogP contribution is 2.17. The number of nitrogens with zero attached hydrogens (tertiary/aromatic N) is 4. The fourth-order valence-corrected chi connectivity index (χ4v) is 3.72. The molecule has 1 aromatic carbocycles. The van der Waals surface area contributed by atoms with Gasteiger partial charge in [0.05, 0.1) is 21.0 Å². The van der Waals surface area contributed by atoms with Gasteiger partial charge in [-0.05, 0) is 19.9 Å². The Labute approximate surface area is 178 Å². The predicted octanol–water partition coefficient (Wildman–Crippen LogP) is 1.59. The molecule has 0 aliphatic rings. The van der Waals surface area contributed by atoms with E-state index >= 15 is 0 Å². The fraction of sp³-hybridized carbons (Fsp3) is 0.353. The summed E-state index contributed by atoms with van der Waals surface area (Å²) in [7, 11) is -3.98. The molecular weight excluding hydrogens is 436 g/mol. The monoisotopic (exact) mass is 456 g/mol. The predicted molar refractivity (Wildman–Crippen MR) is 111 cm³/mol. The van der Waals surface area contributed by atoms with Crippen LogP contribution >= 0.6 is 11.6 Å². The number of nitro groups is 1. The number of anilines is 1. The van der Waals surface area contributed by atoms with Gasteiger partial charge in [0.15, 0.2) is 5.69 Å². The molecule has 11 nitrogen and oxygen atoms in total. The zero-order valence-electron chi connectivity index (χ0n) is 16.3. The maximum absolute atomic E-state index is 12.4. The number of nitro benzene ring substituents is 1. The van der Waals surface area contributed by atoms with E-state index in [1.165, 1.54) is 24.4 Å². The van der Waals surface area contributed by atoms with Crippen molar-refractivity contribution in [2.24, 2.45) is 0 Å². The van der Waals surface area contributed by atoms with E-state index < -0.39 is 20.9 Å². The zero-order valence-corrected chi connectivity index (χ0v) is 17.9. The minimum Gasteiger partial charge on any atom is -0.349 e. The number of rotatable bonds is 10. The van der Waals surface area contributed by atoms with Gasteiger partial charge in [-0.15, -0.1) is 0 Å². The zero-order chi connectivity index (χ0) is 22.3. The standard InChI is InChI=1S/C17H21ClN6O5S/c1-3-23(4-2)17-20-11-14(18)15(22-17)16(25)19-8-9-21-30(28,29)13-7-5-6-12(10-13)24(26)27/h5-7,10-11,21H,3-4,8-9H2,1-2H3,(H,19,25). The molecule has 0 fully saturated rings. The number of halogens is 1. The Morgan fingerprint density at radius 2 is 1.97 bits per heavy atom. The molecule has 0 saturated heterocycles. The van der Waals surface area contributed by atoms with E-state index in [1.54, 1.807) is 0 Å². The second kappa shape index (κ2) is 10.3. The molecule has 0 spiro atoms. The highest BCUT2D eigenvalue weighted by Gasteiger charge is 2.19. The number of non-ortho nitro benzene ring substituents is 1. The summed E-state index contributed by atoms with van der Waals surface area (Å²) in [5.41, 5.74) is -0.358. The highest BCUT2D eigenvalue weighted by molar-refractivity contribution is 7.89. The number of hydrogen-bond acceptors (Lipinski definition) is 8. The van der Waals surface area contributed by atoms with Crippen molar-refractivity contribution in [3.05, 3.63) is 51.3 Å². The van der Waals surface area contributed by atoms with E-state index in [1.807, 2.05) is 18.7 Å². The van der Waals surface area contributed by atoms with E-state index in [-0.39, 0.29) is 34.4 Å². The molecule has 0 bridgehead atoms. The van der Waals surface area contributed by atoms with Crippen molar-refractivity contribution >= 4 is 39.2 Å². The fourth-order valence-electron chi connectivity index (χ4n) is 2.47. The molecule has 0 radical (unpaired) electrons. The van der Waals surface area contributed by atoms with Gasteiger partial charge >= 0.3 is 0 Å². The first-order chi connectivity index (χ1) is 14.2. The molecule has 1 heterocycles. The van der Waals surface area contributed by atoms with Gasteiger partial charge in [0.25, 0.3) is 11.6 Å². The Bertz CT molecular complexity index is 1030. The van der Waals surface area contributed by atoms with Crippen molar-refractivity contribution in [3.8, 4) is 0 Å². The number of carbonyl (C=O) groups excluding carboxylic acids is 1. The molecule has 1 amide bonds. The maximum Gasteiger partial charge on any atom is 0.271 e. The Kier molecular flexibility index (Phi) is 8.03. The van der Waals surface area contributed by atoms with Crippen LogP contribution < -0.4 is 14.9 Å². The maximum atomic E-state index is 12.4. The third kappa shape index (κ3) is 5.84. The number of hydrogen-bond donors (Lipinski definition) is 2. The molecule has 2 aromatic rings. The van der Waals surface area contributed by atoms with Gasteiger partial charge in [0, 0.05) is 38.3 Å². The van der Waals surface area contributed by atoms with Gasteiger partial charge in [0.1, 0.15) is 0 Å². The third-order valence-electron chi connectivity index (χ3n) is 4.03. The van der Waals surface area contributed by atoms with E-state index in [0.717, 1.165) is 6.07 Å². The molecule has 0 aliphatic carbocycles. The topological polar surface area (TPSA) is 147 Å². The molecule has 30 heavy (non-hydrogen) atoms. The van der Waals surface area contributed by atoms with Crippen LogP contribution in [0.2, 0.25) is 5.02 Å². The van der Waals surface area contributed by atoms with Gasteiger partial charge < -0.3 is 10.2 Å². The van der Waals surface area contributed by atoms with Gasteiger partial charge in [-0.3, -0.25) is 14.9 Å². The van der Waals surface area contributed by atoms with E-state index in [9.17, 15) is 23.3 Å². The van der Waals surface area contributed by atoms with E-state index in [2.05, 4.69) is 20.0 Å². The van der Waals surface area contributed by atoms with Crippen LogP contribution in [0.15, 0.2) is 35.4 Å². The molecule has 0 saturated carbocycles. The Balaban J connectivity index is 1.99. The van der Waals surface area contributed by atoms with Gasteiger partial charge in [-0.25, -0.2) is 23.1 Å². The quantitative estimate of drug-likeness (QED) is 0.311. The normalized spacial score (nSPS) is 11.2. The molecule has 2 N–H and O–H groups in total. The lowest BCUT2D eigenvalue weighted by Crippen LogP contribution is -2.35. The SMILES string of the molecule is CCN(CC)c1ncc(Cl)c(C(=O)NCCNS(=O)(=O)c2cccc([N+](=O)[O-])c2)n1. The van der Waals surface area contributed by atoms with Crippen molar-refractivity contribution in [3.63, 3.8) is 0 Å². The minimum absolute atomic E-state index is 0.0184. The Morgan fingerprint density at radius 3 is 2.60 bits per heavy atom. The van der Waals surface area contributed by atoms with E-state index in [4.69, 9.17) is 11.6 Å². The van der Waals surface area contributed by atoms with Crippen LogP contribution in [0.5, 0.6) is 0 Å². The van der Waals surface area contributed by atoms with Crippen molar-refractivity contribution < 1.29 is 18.1 Å². The lowest BCUT2D eigenvalue weighted by molar-refractivity contribution is -0.385. The van der Waals surface area contributed by atoms with Crippen LogP contribution in [0.25, 0.3) is 0 Å². The summed E-state index contributed by atoms with van der Waals surface area (Å²) in [5.74, 6) is -0.216. The first kappa shape index (κ1) is 23.4. The van der Waals surface area contributed by atoms with E-state index in [0.29, 0.717) is 19.0 Å². The molecule has 2 rings (SSSR count). The first-order valence-corrected chi connectivity index (χ1v) is 10.9. The molecule has 0 unspecified atom stereocenters. The Hall–Kier alpha value is -2.83. The number of aromatic nitrogens is 2. The van der Waals surface area contributed by atoms with Crippen LogP contribution in [0, 0.1) is 10.1 Å². The van der Waals surface area contributed by atoms with Gasteiger partial charge in [-0.1, -0.05) is 17.7 Å². The van der Waals surface area contributed by atoms with Crippen molar-refractivity contribution in [2.45, 2.75) is 18.7 Å². The minimum atomic E-state index is -3.98. The number of benzene rings is 1. The van der Waals surface area contributed by atoms with Gasteiger partial charge in [0.2, 0.25) is 16.0 Å². The summed E-state index contributed by atoms with van der Waals surface area (Å²) < 4.78 is 26.8. The summed E-state index contributed by atoms with van der Waals surface area (Å²) in [4.78, 5) is 32.4. The van der Waals surface area contributed by atoms with Crippen molar-refractivity contribution in [2.75, 3.05) is 31.1 Å². The number of carbonyl (C=O) groups is 1. The molecule has 0 atom stereocenters. The molecule has 13 heteroatoms. The highest BCUT2D eigenvalue weighted by atomic mass is 35.5. The number of sulfonamides is 1. The first-order valence-electron chi connectivity index (χ1n) is 8.99. The Morgan fingerprint density at radius 1 is 1.27 bits per heavy atom. The lowest BCUT2D eigenvalue weighted by Gasteiger charge is -2.19. The lowest BCUT2D eigenvalue weighted by atomic mass is 10.3. The second-order valence-corrected chi connectivity index (χ2v) is 8.12. The van der Waals surface area contributed by atoms with Crippen molar-refractivity contribution in [1.29, 1.82) is 0 Å². The molecule has 0 aliphatic heterocycles. The third-order valence-corrected chi connectivity index (χ3v) is 5.77. The van der Waals surface area contributed by atoms with Crippen LogP contribution in [0.1, 0.15) is 24.3 Å². The largest absolute Gasteiger partial charge is 0.349 e. The number of nitrogens with one attached hydrogen (secondary N) is 2. The number of amides is 1. The van der Waals surface area contributed by atoms with Crippen LogP contribution in [-0.4, -0.2) is 55.4 Å². The molecule has 1 aromatic heterocycles. The summed E-state index contributed by atoms with van der Waals surface area (Å²) in [6.45, 7) is 4.97. The van der Waals surface area contributed by atoms with Crippen molar-refractivity contribution in [1.82, 2.24) is 20.0 Å². The smallest absolute Gasteiger partial charge is 0.271 e. The second-order valence-electron chi connectivity index (χ2n) is 5.95. The van der Waals surface area contributed by atoms with Crippen LogP contribution in [0.4, 0.5) is 11.6 Å². The summed E-state index contributed by atoms with van der Waals surface area (Å²) in [5, 5.41) is 13.4. The summed E-state index contributed by atoms with van der Waals surface area (Å²) in [6, 6.07) is 4.66. The summed E-state index contributed by atoms with van der Waals surface area (Å²) >= 11 is 6.02. The van der Waals surface area contributed by atoms with Gasteiger partial charge in [-0.2, -0.15) is 0 Å².